The number of likely N-dealkylation sites (tertiary alicyclic amines) is 1. The predicted octanol–water partition coefficient (Wildman–Crippen LogP) is 2.72. The maximum Gasteiger partial charge on any atom is 0.246 e. The molecule has 1 N–H and O–H groups in total. The highest BCUT2D eigenvalue weighted by Gasteiger charge is 2.25. The monoisotopic (exact) mass is 331 g/mol. The second-order valence-electron chi connectivity index (χ2n) is 7.29. The van der Waals surface area contributed by atoms with Gasteiger partial charge in [0.05, 0.1) is 13.2 Å². The third kappa shape index (κ3) is 4.07. The molecule has 1 aliphatic carbocycles. The summed E-state index contributed by atoms with van der Waals surface area (Å²) in [5, 5.41) is 13.4. The van der Waals surface area contributed by atoms with Crippen LogP contribution in [0.2, 0.25) is 0 Å². The highest BCUT2D eigenvalue weighted by Crippen LogP contribution is 2.30. The van der Waals surface area contributed by atoms with E-state index >= 15 is 0 Å². The number of nitrogens with zero attached hydrogens (tertiary/aromatic N) is 3. The molecule has 0 spiro atoms. The van der Waals surface area contributed by atoms with Crippen molar-refractivity contribution in [1.82, 2.24) is 14.7 Å². The van der Waals surface area contributed by atoms with E-state index in [0.29, 0.717) is 12.5 Å². The number of hydrogen-bond donors (Lipinski definition) is 1. The van der Waals surface area contributed by atoms with Crippen molar-refractivity contribution >= 4 is 5.91 Å². The van der Waals surface area contributed by atoms with E-state index < -0.39 is 0 Å². The molecular weight excluding hydrogens is 302 g/mol. The Morgan fingerprint density at radius 3 is 2.67 bits per heavy atom. The fourth-order valence-electron chi connectivity index (χ4n) is 3.91. The first-order valence-corrected chi connectivity index (χ1v) is 9.28. The van der Waals surface area contributed by atoms with Gasteiger partial charge >= 0.3 is 0 Å². The van der Waals surface area contributed by atoms with Crippen LogP contribution in [0.4, 0.5) is 0 Å². The molecule has 1 aromatic heterocycles. The Labute approximate surface area is 144 Å². The van der Waals surface area contributed by atoms with Gasteiger partial charge in [0.1, 0.15) is 0 Å². The highest BCUT2D eigenvalue weighted by molar-refractivity contribution is 5.88. The number of hydrogen-bond acceptors (Lipinski definition) is 3. The second kappa shape index (κ2) is 7.97. The largest absolute Gasteiger partial charge is 0.394 e. The van der Waals surface area contributed by atoms with Crippen molar-refractivity contribution in [2.24, 2.45) is 5.92 Å². The van der Waals surface area contributed by atoms with E-state index in [1.165, 1.54) is 24.1 Å². The fourth-order valence-corrected chi connectivity index (χ4v) is 3.91. The van der Waals surface area contributed by atoms with Gasteiger partial charge in [0.15, 0.2) is 0 Å². The molecule has 1 amide bonds. The predicted molar refractivity (Wildman–Crippen MR) is 93.6 cm³/mol. The maximum absolute atomic E-state index is 12.5. The van der Waals surface area contributed by atoms with E-state index in [2.05, 4.69) is 12.0 Å². The van der Waals surface area contributed by atoms with Crippen LogP contribution in [-0.4, -0.2) is 45.4 Å². The van der Waals surface area contributed by atoms with Crippen LogP contribution < -0.4 is 0 Å². The van der Waals surface area contributed by atoms with Gasteiger partial charge in [-0.15, -0.1) is 0 Å². The van der Waals surface area contributed by atoms with E-state index in [-0.39, 0.29) is 12.5 Å². The van der Waals surface area contributed by atoms with Crippen LogP contribution in [-0.2, 0) is 11.3 Å². The van der Waals surface area contributed by atoms with Crippen molar-refractivity contribution in [1.29, 1.82) is 0 Å². The first-order valence-electron chi connectivity index (χ1n) is 9.28. The lowest BCUT2D eigenvalue weighted by Crippen LogP contribution is -2.37. The van der Waals surface area contributed by atoms with E-state index in [4.69, 9.17) is 5.11 Å². The van der Waals surface area contributed by atoms with Crippen LogP contribution in [0.25, 0.3) is 0 Å². The third-order valence-electron chi connectivity index (χ3n) is 5.53. The summed E-state index contributed by atoms with van der Waals surface area (Å²) in [4.78, 5) is 14.5. The summed E-state index contributed by atoms with van der Waals surface area (Å²) < 4.78 is 1.90. The van der Waals surface area contributed by atoms with Crippen LogP contribution in [0.5, 0.6) is 0 Å². The minimum Gasteiger partial charge on any atom is -0.394 e. The Bertz CT molecular complexity index is 575. The van der Waals surface area contributed by atoms with Crippen molar-refractivity contribution in [2.75, 3.05) is 19.7 Å². The molecule has 2 heterocycles. The average molecular weight is 331 g/mol. The van der Waals surface area contributed by atoms with Gasteiger partial charge in [-0.1, -0.05) is 12.5 Å². The van der Waals surface area contributed by atoms with Crippen molar-refractivity contribution in [2.45, 2.75) is 57.9 Å². The molecule has 24 heavy (non-hydrogen) atoms. The molecule has 1 aromatic rings. The molecule has 5 nitrogen and oxygen atoms in total. The summed E-state index contributed by atoms with van der Waals surface area (Å²) in [6.07, 6.45) is 10.3. The van der Waals surface area contributed by atoms with Gasteiger partial charge in [0.25, 0.3) is 0 Å². The Kier molecular flexibility index (Phi) is 5.72. The summed E-state index contributed by atoms with van der Waals surface area (Å²) in [6, 6.07) is 2.04. The van der Waals surface area contributed by atoms with Crippen molar-refractivity contribution in [3.8, 4) is 0 Å². The molecule has 0 bridgehead atoms. The molecule has 0 radical (unpaired) electrons. The normalized spacial score (nSPS) is 22.7. The smallest absolute Gasteiger partial charge is 0.246 e. The molecular formula is C19H29N3O2. The summed E-state index contributed by atoms with van der Waals surface area (Å²) in [7, 11) is 0. The molecule has 0 unspecified atom stereocenters. The van der Waals surface area contributed by atoms with E-state index in [1.807, 2.05) is 21.7 Å². The molecule has 1 saturated carbocycles. The van der Waals surface area contributed by atoms with Gasteiger partial charge in [-0.2, -0.15) is 5.10 Å². The zero-order valence-corrected chi connectivity index (χ0v) is 14.7. The molecule has 5 heteroatoms. The van der Waals surface area contributed by atoms with Crippen LogP contribution in [0.15, 0.2) is 23.9 Å². The number of aliphatic hydroxyl groups excluding tert-OH is 1. The average Bonchev–Trinajstić information content (AvgIpc) is 3.06. The van der Waals surface area contributed by atoms with Gasteiger partial charge in [-0.3, -0.25) is 9.48 Å². The highest BCUT2D eigenvalue weighted by atomic mass is 16.3. The lowest BCUT2D eigenvalue weighted by Gasteiger charge is -2.32. The SMILES string of the molecule is CC1CCC(=CC(=O)N2CCC(c3ccnn3CCO)CC2)CC1. The summed E-state index contributed by atoms with van der Waals surface area (Å²) in [6.45, 7) is 4.58. The molecule has 2 aliphatic rings. The number of rotatable bonds is 4. The minimum absolute atomic E-state index is 0.109. The van der Waals surface area contributed by atoms with Gasteiger partial charge in [0, 0.05) is 37.0 Å². The number of aliphatic hydroxyl groups is 1. The summed E-state index contributed by atoms with van der Waals surface area (Å²) in [5.41, 5.74) is 2.53. The zero-order valence-electron chi connectivity index (χ0n) is 14.7. The molecule has 1 aliphatic heterocycles. The fraction of sp³-hybridized carbons (Fsp3) is 0.684. The molecule has 1 saturated heterocycles. The van der Waals surface area contributed by atoms with E-state index in [9.17, 15) is 4.79 Å². The van der Waals surface area contributed by atoms with Crippen molar-refractivity contribution in [3.05, 3.63) is 29.6 Å². The Morgan fingerprint density at radius 1 is 1.29 bits per heavy atom. The second-order valence-corrected chi connectivity index (χ2v) is 7.29. The quantitative estimate of drug-likeness (QED) is 0.863. The Hall–Kier alpha value is -1.62. The minimum atomic E-state index is 0.109. The Morgan fingerprint density at radius 2 is 2.00 bits per heavy atom. The van der Waals surface area contributed by atoms with Crippen molar-refractivity contribution < 1.29 is 9.90 Å². The summed E-state index contributed by atoms with van der Waals surface area (Å²) in [5.74, 6) is 1.44. The lowest BCUT2D eigenvalue weighted by molar-refractivity contribution is -0.127. The first-order chi connectivity index (χ1) is 11.7. The number of amides is 1. The van der Waals surface area contributed by atoms with Crippen LogP contribution >= 0.6 is 0 Å². The van der Waals surface area contributed by atoms with Crippen LogP contribution in [0.1, 0.15) is 57.1 Å². The molecule has 132 valence electrons. The zero-order chi connectivity index (χ0) is 16.9. The van der Waals surface area contributed by atoms with Gasteiger partial charge in [-0.25, -0.2) is 0 Å². The van der Waals surface area contributed by atoms with E-state index in [0.717, 1.165) is 44.7 Å². The van der Waals surface area contributed by atoms with Crippen molar-refractivity contribution in [3.63, 3.8) is 0 Å². The first kappa shape index (κ1) is 17.2. The number of aromatic nitrogens is 2. The maximum atomic E-state index is 12.5. The Balaban J connectivity index is 1.54. The third-order valence-corrected chi connectivity index (χ3v) is 5.53. The van der Waals surface area contributed by atoms with Gasteiger partial charge in [0.2, 0.25) is 5.91 Å². The lowest BCUT2D eigenvalue weighted by atomic mass is 9.87. The van der Waals surface area contributed by atoms with Gasteiger partial charge in [-0.05, 0) is 50.5 Å². The number of piperidine rings is 1. The van der Waals surface area contributed by atoms with Crippen LogP contribution in [0.3, 0.4) is 0 Å². The van der Waals surface area contributed by atoms with Gasteiger partial charge < -0.3 is 10.0 Å². The topological polar surface area (TPSA) is 58.4 Å². The summed E-state index contributed by atoms with van der Waals surface area (Å²) >= 11 is 0. The van der Waals surface area contributed by atoms with E-state index in [1.54, 1.807) is 6.20 Å². The molecule has 2 fully saturated rings. The van der Waals surface area contributed by atoms with Crippen LogP contribution in [0, 0.1) is 5.92 Å². The number of carbonyl (C=O) groups is 1. The molecule has 0 atom stereocenters. The molecule has 3 rings (SSSR count). The number of carbonyl (C=O) groups excluding carboxylic acids is 1. The molecule has 0 aromatic carbocycles. The number of allylic oxidation sites excluding steroid dienone is 1. The standard InChI is InChI=1S/C19H29N3O2/c1-15-2-4-16(5-3-15)14-19(24)21-10-7-17(8-11-21)18-6-9-20-22(18)12-13-23/h6,9,14-15,17,23H,2-5,7-8,10-13H2,1H3.